The summed E-state index contributed by atoms with van der Waals surface area (Å²) in [5, 5.41) is 4.80. The maximum atomic E-state index is 5.09. The minimum Gasteiger partial charge on any atom is -0.312 e. The minimum atomic E-state index is 0.128. The van der Waals surface area contributed by atoms with Gasteiger partial charge in [-0.3, -0.25) is 9.80 Å². The normalized spacial score (nSPS) is 29.0. The number of piperazine rings is 3. The zero-order valence-corrected chi connectivity index (χ0v) is 14.6. The van der Waals surface area contributed by atoms with Crippen molar-refractivity contribution in [2.75, 3.05) is 39.3 Å². The van der Waals surface area contributed by atoms with Crippen molar-refractivity contribution in [3.63, 3.8) is 0 Å². The highest BCUT2D eigenvalue weighted by Gasteiger charge is 2.36. The topological polar surface area (TPSA) is 31.4 Å². The van der Waals surface area contributed by atoms with Gasteiger partial charge < -0.3 is 5.32 Å². The number of fused-ring (bicyclic) bond motifs is 3. The highest BCUT2D eigenvalue weighted by molar-refractivity contribution is 7.11. The SMILES string of the molecule is CCNCc1sc(C2CN3CCN2CC3)nc1C(C)(C)C. The van der Waals surface area contributed by atoms with Crippen LogP contribution in [0.15, 0.2) is 0 Å². The molecule has 3 fully saturated rings. The fraction of sp³-hybridized carbons (Fsp3) is 0.812. The molecule has 3 aliphatic rings. The van der Waals surface area contributed by atoms with Gasteiger partial charge in [-0.15, -0.1) is 11.3 Å². The number of hydrogen-bond acceptors (Lipinski definition) is 5. The smallest absolute Gasteiger partial charge is 0.112 e. The Bertz CT molecular complexity index is 483. The van der Waals surface area contributed by atoms with Gasteiger partial charge in [0, 0.05) is 49.6 Å². The Kier molecular flexibility index (Phi) is 4.37. The van der Waals surface area contributed by atoms with Gasteiger partial charge in [0.05, 0.1) is 11.7 Å². The lowest BCUT2D eigenvalue weighted by Gasteiger charge is -2.46. The van der Waals surface area contributed by atoms with E-state index in [4.69, 9.17) is 4.98 Å². The molecule has 0 spiro atoms. The Labute approximate surface area is 132 Å². The molecule has 0 aliphatic carbocycles. The molecule has 3 saturated heterocycles. The maximum absolute atomic E-state index is 5.09. The predicted molar refractivity (Wildman–Crippen MR) is 88.9 cm³/mol. The first-order valence-corrected chi connectivity index (χ1v) is 8.98. The highest BCUT2D eigenvalue weighted by Crippen LogP contribution is 2.36. The first-order chi connectivity index (χ1) is 9.99. The number of nitrogens with one attached hydrogen (secondary N) is 1. The van der Waals surface area contributed by atoms with Gasteiger partial charge in [0.15, 0.2) is 0 Å². The van der Waals surface area contributed by atoms with Crippen LogP contribution in [0.4, 0.5) is 0 Å². The summed E-state index contributed by atoms with van der Waals surface area (Å²) in [5.41, 5.74) is 1.42. The zero-order valence-electron chi connectivity index (χ0n) is 13.8. The van der Waals surface area contributed by atoms with Crippen molar-refractivity contribution in [3.8, 4) is 0 Å². The van der Waals surface area contributed by atoms with Crippen LogP contribution in [0.5, 0.6) is 0 Å². The number of thiazole rings is 1. The zero-order chi connectivity index (χ0) is 15.0. The summed E-state index contributed by atoms with van der Waals surface area (Å²) in [7, 11) is 0. The van der Waals surface area contributed by atoms with Gasteiger partial charge >= 0.3 is 0 Å². The summed E-state index contributed by atoms with van der Waals surface area (Å²) in [4.78, 5) is 11.7. The van der Waals surface area contributed by atoms with Crippen LogP contribution in [-0.2, 0) is 12.0 Å². The number of nitrogens with zero attached hydrogens (tertiary/aromatic N) is 3. The largest absolute Gasteiger partial charge is 0.312 e. The van der Waals surface area contributed by atoms with E-state index in [1.54, 1.807) is 0 Å². The van der Waals surface area contributed by atoms with Crippen LogP contribution in [0.3, 0.4) is 0 Å². The van der Waals surface area contributed by atoms with E-state index in [1.165, 1.54) is 41.8 Å². The Hall–Kier alpha value is -0.490. The second kappa shape index (κ2) is 5.95. The van der Waals surface area contributed by atoms with E-state index in [2.05, 4.69) is 42.8 Å². The van der Waals surface area contributed by atoms with Crippen LogP contribution in [0.2, 0.25) is 0 Å². The molecule has 1 aromatic rings. The van der Waals surface area contributed by atoms with Gasteiger partial charge in [-0.1, -0.05) is 27.7 Å². The molecule has 0 radical (unpaired) electrons. The van der Waals surface area contributed by atoms with Crippen LogP contribution in [0.1, 0.15) is 49.3 Å². The molecule has 5 heteroatoms. The third kappa shape index (κ3) is 3.16. The molecule has 1 aromatic heterocycles. The van der Waals surface area contributed by atoms with E-state index in [1.807, 2.05) is 11.3 Å². The molecule has 1 unspecified atom stereocenters. The van der Waals surface area contributed by atoms with Crippen molar-refractivity contribution in [2.45, 2.75) is 45.7 Å². The van der Waals surface area contributed by atoms with Crippen molar-refractivity contribution in [1.29, 1.82) is 0 Å². The second-order valence-electron chi connectivity index (χ2n) is 7.21. The Morgan fingerprint density at radius 3 is 2.48 bits per heavy atom. The predicted octanol–water partition coefficient (Wildman–Crippen LogP) is 2.22. The summed E-state index contributed by atoms with van der Waals surface area (Å²) in [6, 6.07) is 0.522. The molecule has 1 atom stereocenters. The van der Waals surface area contributed by atoms with Crippen molar-refractivity contribution >= 4 is 11.3 Å². The van der Waals surface area contributed by atoms with Gasteiger partial charge in [0.25, 0.3) is 0 Å². The van der Waals surface area contributed by atoms with Gasteiger partial charge in [0.1, 0.15) is 5.01 Å². The van der Waals surface area contributed by atoms with E-state index in [0.717, 1.165) is 19.6 Å². The van der Waals surface area contributed by atoms with Crippen molar-refractivity contribution in [3.05, 3.63) is 15.6 Å². The number of hydrogen-bond donors (Lipinski definition) is 1. The lowest BCUT2D eigenvalue weighted by molar-refractivity contribution is 0.0122. The second-order valence-corrected chi connectivity index (χ2v) is 8.32. The quantitative estimate of drug-likeness (QED) is 0.924. The fourth-order valence-electron chi connectivity index (χ4n) is 3.31. The average Bonchev–Trinajstić information content (AvgIpc) is 2.90. The lowest BCUT2D eigenvalue weighted by Crippen LogP contribution is -2.56. The summed E-state index contributed by atoms with van der Waals surface area (Å²) < 4.78 is 0. The first-order valence-electron chi connectivity index (χ1n) is 8.16. The molecule has 0 amide bonds. The summed E-state index contributed by atoms with van der Waals surface area (Å²) in [5.74, 6) is 0. The van der Waals surface area contributed by atoms with E-state index in [-0.39, 0.29) is 5.41 Å². The van der Waals surface area contributed by atoms with Crippen molar-refractivity contribution < 1.29 is 0 Å². The first kappa shape index (κ1) is 15.4. The molecule has 3 aliphatic heterocycles. The number of aromatic nitrogens is 1. The van der Waals surface area contributed by atoms with Crippen LogP contribution in [0.25, 0.3) is 0 Å². The molecular weight excluding hydrogens is 280 g/mol. The Morgan fingerprint density at radius 1 is 1.24 bits per heavy atom. The summed E-state index contributed by atoms with van der Waals surface area (Å²) in [6.07, 6.45) is 0. The van der Waals surface area contributed by atoms with Crippen LogP contribution < -0.4 is 5.32 Å². The highest BCUT2D eigenvalue weighted by atomic mass is 32.1. The van der Waals surface area contributed by atoms with Crippen LogP contribution in [0, 0.1) is 0 Å². The van der Waals surface area contributed by atoms with E-state index in [9.17, 15) is 0 Å². The standard InChI is InChI=1S/C16H28N4S/c1-5-17-10-13-14(16(2,3)4)18-15(21-13)12-11-19-6-8-20(12)9-7-19/h12,17H,5-11H2,1-4H3. The van der Waals surface area contributed by atoms with Crippen LogP contribution >= 0.6 is 11.3 Å². The minimum absolute atomic E-state index is 0.128. The molecule has 0 saturated carbocycles. The molecule has 0 aromatic carbocycles. The Morgan fingerprint density at radius 2 is 1.95 bits per heavy atom. The van der Waals surface area contributed by atoms with Crippen LogP contribution in [-0.4, -0.2) is 54.1 Å². The molecule has 4 rings (SSSR count). The third-order valence-corrected chi connectivity index (χ3v) is 5.68. The summed E-state index contributed by atoms with van der Waals surface area (Å²) >= 11 is 1.93. The average molecular weight is 308 g/mol. The van der Waals surface area contributed by atoms with E-state index >= 15 is 0 Å². The summed E-state index contributed by atoms with van der Waals surface area (Å²) in [6.45, 7) is 17.0. The fourth-order valence-corrected chi connectivity index (χ4v) is 4.68. The van der Waals surface area contributed by atoms with Crippen molar-refractivity contribution in [2.24, 2.45) is 0 Å². The van der Waals surface area contributed by atoms with E-state index < -0.39 is 0 Å². The Balaban J connectivity index is 1.87. The molecule has 4 heterocycles. The molecule has 1 N–H and O–H groups in total. The van der Waals surface area contributed by atoms with Crippen molar-refractivity contribution in [1.82, 2.24) is 20.1 Å². The monoisotopic (exact) mass is 308 g/mol. The maximum Gasteiger partial charge on any atom is 0.112 e. The molecule has 21 heavy (non-hydrogen) atoms. The molecular formula is C16H28N4S. The van der Waals surface area contributed by atoms with E-state index in [0.29, 0.717) is 6.04 Å². The molecule has 118 valence electrons. The number of rotatable bonds is 4. The van der Waals surface area contributed by atoms with Gasteiger partial charge in [-0.25, -0.2) is 4.98 Å². The third-order valence-electron chi connectivity index (χ3n) is 4.52. The lowest BCUT2D eigenvalue weighted by atomic mass is 9.91. The van der Waals surface area contributed by atoms with Gasteiger partial charge in [0.2, 0.25) is 0 Å². The molecule has 2 bridgehead atoms. The van der Waals surface area contributed by atoms with Gasteiger partial charge in [-0.2, -0.15) is 0 Å². The van der Waals surface area contributed by atoms with Gasteiger partial charge in [-0.05, 0) is 6.54 Å². The molecule has 4 nitrogen and oxygen atoms in total.